The molecule has 134 valence electrons. The third kappa shape index (κ3) is 4.00. The number of hydrogen-bond donors (Lipinski definition) is 0. The van der Waals surface area contributed by atoms with E-state index in [2.05, 4.69) is 23.1 Å². The van der Waals surface area contributed by atoms with E-state index in [1.807, 2.05) is 16.5 Å². The van der Waals surface area contributed by atoms with Crippen LogP contribution in [0.1, 0.15) is 28.5 Å². The first-order valence-corrected chi connectivity index (χ1v) is 9.23. The highest BCUT2D eigenvalue weighted by atomic mass is 35.5. The molecule has 2 aromatic rings. The third-order valence-corrected chi connectivity index (χ3v) is 5.43. The molecule has 1 aromatic heterocycles. The molecule has 1 aromatic carbocycles. The molecule has 3 rings (SSSR count). The number of rotatable bonds is 4. The average molecular weight is 381 g/mol. The van der Waals surface area contributed by atoms with Crippen LogP contribution in [-0.2, 0) is 13.1 Å². The number of halogens is 2. The SMILES string of the molecule is CCn1cc(CN2CCN(C(=O)c3cccc(Cl)c3Cl)CC2)c(C)n1. The van der Waals surface area contributed by atoms with Gasteiger partial charge in [-0.15, -0.1) is 0 Å². The lowest BCUT2D eigenvalue weighted by Crippen LogP contribution is -2.48. The zero-order chi connectivity index (χ0) is 18.0. The van der Waals surface area contributed by atoms with Crippen LogP contribution in [0.3, 0.4) is 0 Å². The second kappa shape index (κ2) is 7.77. The van der Waals surface area contributed by atoms with Crippen molar-refractivity contribution in [1.29, 1.82) is 0 Å². The van der Waals surface area contributed by atoms with E-state index in [0.717, 1.165) is 31.9 Å². The number of amides is 1. The Hall–Kier alpha value is -1.56. The summed E-state index contributed by atoms with van der Waals surface area (Å²) < 4.78 is 1.96. The van der Waals surface area contributed by atoms with Gasteiger partial charge in [-0.3, -0.25) is 14.4 Å². The van der Waals surface area contributed by atoms with Gasteiger partial charge in [-0.05, 0) is 26.0 Å². The summed E-state index contributed by atoms with van der Waals surface area (Å²) in [5.41, 5.74) is 2.80. The summed E-state index contributed by atoms with van der Waals surface area (Å²) in [5.74, 6) is -0.0536. The fourth-order valence-corrected chi connectivity index (χ4v) is 3.45. The van der Waals surface area contributed by atoms with E-state index in [-0.39, 0.29) is 5.91 Å². The van der Waals surface area contributed by atoms with Crippen LogP contribution >= 0.6 is 23.2 Å². The molecule has 0 aliphatic carbocycles. The minimum absolute atomic E-state index is 0.0536. The second-order valence-electron chi connectivity index (χ2n) is 6.27. The van der Waals surface area contributed by atoms with Crippen molar-refractivity contribution in [3.05, 3.63) is 51.3 Å². The lowest BCUT2D eigenvalue weighted by Gasteiger charge is -2.34. The van der Waals surface area contributed by atoms with Gasteiger partial charge >= 0.3 is 0 Å². The first-order chi connectivity index (χ1) is 12.0. The van der Waals surface area contributed by atoms with Crippen LogP contribution in [0.2, 0.25) is 10.0 Å². The van der Waals surface area contributed by atoms with Gasteiger partial charge in [0.1, 0.15) is 0 Å². The molecule has 0 saturated carbocycles. The number of carbonyl (C=O) groups excluding carboxylic acids is 1. The number of piperazine rings is 1. The zero-order valence-corrected chi connectivity index (χ0v) is 16.0. The summed E-state index contributed by atoms with van der Waals surface area (Å²) >= 11 is 12.2. The molecule has 1 saturated heterocycles. The van der Waals surface area contributed by atoms with E-state index in [4.69, 9.17) is 23.2 Å². The molecular formula is C18H22Cl2N4O. The zero-order valence-electron chi connectivity index (χ0n) is 14.5. The second-order valence-corrected chi connectivity index (χ2v) is 7.05. The van der Waals surface area contributed by atoms with Gasteiger partial charge in [0, 0.05) is 51.0 Å². The van der Waals surface area contributed by atoms with Gasteiger partial charge in [-0.2, -0.15) is 5.10 Å². The van der Waals surface area contributed by atoms with E-state index in [1.54, 1.807) is 18.2 Å². The predicted molar refractivity (Wildman–Crippen MR) is 100 cm³/mol. The first-order valence-electron chi connectivity index (χ1n) is 8.48. The summed E-state index contributed by atoms with van der Waals surface area (Å²) in [5, 5.41) is 5.24. The molecule has 2 heterocycles. The Bertz CT molecular complexity index is 766. The Morgan fingerprint density at radius 3 is 2.56 bits per heavy atom. The summed E-state index contributed by atoms with van der Waals surface area (Å²) in [6.07, 6.45) is 2.11. The largest absolute Gasteiger partial charge is 0.336 e. The third-order valence-electron chi connectivity index (χ3n) is 4.61. The summed E-state index contributed by atoms with van der Waals surface area (Å²) in [6, 6.07) is 5.18. The minimum Gasteiger partial charge on any atom is -0.336 e. The molecule has 0 bridgehead atoms. The maximum absolute atomic E-state index is 12.7. The maximum atomic E-state index is 12.7. The van der Waals surface area contributed by atoms with Crippen LogP contribution in [0, 0.1) is 6.92 Å². The fourth-order valence-electron chi connectivity index (χ4n) is 3.07. The molecule has 0 spiro atoms. The quantitative estimate of drug-likeness (QED) is 0.815. The molecule has 1 aliphatic heterocycles. The van der Waals surface area contributed by atoms with Crippen LogP contribution in [0.15, 0.2) is 24.4 Å². The summed E-state index contributed by atoms with van der Waals surface area (Å²) in [7, 11) is 0. The number of benzene rings is 1. The normalized spacial score (nSPS) is 15.6. The Kier molecular flexibility index (Phi) is 5.67. The fraction of sp³-hybridized carbons (Fsp3) is 0.444. The standard InChI is InChI=1S/C18H22Cl2N4O/c1-3-24-12-14(13(2)21-24)11-22-7-9-23(10-8-22)18(25)15-5-4-6-16(19)17(15)20/h4-6,12H,3,7-11H2,1-2H3. The molecule has 1 amide bonds. The van der Waals surface area contributed by atoms with Crippen molar-refractivity contribution in [2.75, 3.05) is 26.2 Å². The molecule has 1 fully saturated rings. The number of nitrogens with zero attached hydrogens (tertiary/aromatic N) is 4. The molecule has 5 nitrogen and oxygen atoms in total. The van der Waals surface area contributed by atoms with Gasteiger partial charge in [0.2, 0.25) is 0 Å². The Morgan fingerprint density at radius 2 is 1.92 bits per heavy atom. The van der Waals surface area contributed by atoms with Crippen LogP contribution in [0.5, 0.6) is 0 Å². The highest BCUT2D eigenvalue weighted by Crippen LogP contribution is 2.27. The van der Waals surface area contributed by atoms with Crippen LogP contribution in [-0.4, -0.2) is 51.7 Å². The number of aryl methyl sites for hydroxylation is 2. The van der Waals surface area contributed by atoms with Crippen molar-refractivity contribution in [3.63, 3.8) is 0 Å². The highest BCUT2D eigenvalue weighted by Gasteiger charge is 2.24. The van der Waals surface area contributed by atoms with E-state index in [9.17, 15) is 4.79 Å². The van der Waals surface area contributed by atoms with Crippen molar-refractivity contribution in [2.24, 2.45) is 0 Å². The summed E-state index contributed by atoms with van der Waals surface area (Å²) in [6.45, 7) is 8.91. The molecule has 0 N–H and O–H groups in total. The lowest BCUT2D eigenvalue weighted by atomic mass is 10.1. The lowest BCUT2D eigenvalue weighted by molar-refractivity contribution is 0.0628. The van der Waals surface area contributed by atoms with E-state index in [1.165, 1.54) is 5.56 Å². The summed E-state index contributed by atoms with van der Waals surface area (Å²) in [4.78, 5) is 16.9. The van der Waals surface area contributed by atoms with Gasteiger partial charge in [-0.1, -0.05) is 29.3 Å². The minimum atomic E-state index is -0.0536. The first kappa shape index (κ1) is 18.2. The van der Waals surface area contributed by atoms with Crippen molar-refractivity contribution < 1.29 is 4.79 Å². The Morgan fingerprint density at radius 1 is 1.20 bits per heavy atom. The highest BCUT2D eigenvalue weighted by molar-refractivity contribution is 6.43. The molecule has 0 unspecified atom stereocenters. The number of aromatic nitrogens is 2. The van der Waals surface area contributed by atoms with Crippen molar-refractivity contribution >= 4 is 29.1 Å². The molecule has 0 atom stereocenters. The van der Waals surface area contributed by atoms with Crippen LogP contribution in [0.4, 0.5) is 0 Å². The van der Waals surface area contributed by atoms with Crippen molar-refractivity contribution in [1.82, 2.24) is 19.6 Å². The number of hydrogen-bond acceptors (Lipinski definition) is 3. The topological polar surface area (TPSA) is 41.4 Å². The maximum Gasteiger partial charge on any atom is 0.255 e. The van der Waals surface area contributed by atoms with Crippen LogP contribution < -0.4 is 0 Å². The molecule has 0 radical (unpaired) electrons. The molecule has 7 heteroatoms. The molecule has 1 aliphatic rings. The van der Waals surface area contributed by atoms with Gasteiger partial charge in [-0.25, -0.2) is 0 Å². The van der Waals surface area contributed by atoms with Gasteiger partial charge in [0.05, 0.1) is 21.3 Å². The smallest absolute Gasteiger partial charge is 0.255 e. The van der Waals surface area contributed by atoms with E-state index >= 15 is 0 Å². The van der Waals surface area contributed by atoms with Gasteiger partial charge < -0.3 is 4.90 Å². The average Bonchev–Trinajstić information content (AvgIpc) is 2.97. The van der Waals surface area contributed by atoms with Gasteiger partial charge in [0.15, 0.2) is 0 Å². The predicted octanol–water partition coefficient (Wildman–Crippen LogP) is 3.48. The van der Waals surface area contributed by atoms with Crippen LogP contribution in [0.25, 0.3) is 0 Å². The monoisotopic (exact) mass is 380 g/mol. The van der Waals surface area contributed by atoms with Crippen molar-refractivity contribution in [2.45, 2.75) is 26.9 Å². The van der Waals surface area contributed by atoms with E-state index < -0.39 is 0 Å². The molecular weight excluding hydrogens is 359 g/mol. The molecule has 25 heavy (non-hydrogen) atoms. The van der Waals surface area contributed by atoms with E-state index in [0.29, 0.717) is 28.7 Å². The Labute approximate surface area is 158 Å². The van der Waals surface area contributed by atoms with Gasteiger partial charge in [0.25, 0.3) is 5.91 Å². The van der Waals surface area contributed by atoms with Crippen molar-refractivity contribution in [3.8, 4) is 0 Å². The number of carbonyl (C=O) groups is 1. The Balaban J connectivity index is 1.60.